The summed E-state index contributed by atoms with van der Waals surface area (Å²) in [6.45, 7) is 0.0770. The first-order valence-electron chi connectivity index (χ1n) is 12.2. The van der Waals surface area contributed by atoms with E-state index in [1.54, 1.807) is 0 Å². The van der Waals surface area contributed by atoms with Gasteiger partial charge in [0.15, 0.2) is 5.96 Å². The average Bonchev–Trinajstić information content (AvgIpc) is 3.38. The molecule has 0 radical (unpaired) electrons. The number of aromatic amines is 1. The van der Waals surface area contributed by atoms with E-state index in [4.69, 9.17) is 28.0 Å². The molecule has 0 bridgehead atoms. The average molecular weight is 569 g/mol. The number of H-pyrrole nitrogens is 1. The smallest absolute Gasteiger partial charge is 0.326 e. The van der Waals surface area contributed by atoms with Gasteiger partial charge in [-0.1, -0.05) is 0 Å². The van der Waals surface area contributed by atoms with Gasteiger partial charge in [-0.15, -0.1) is 0 Å². The van der Waals surface area contributed by atoms with Crippen LogP contribution in [-0.2, 0) is 35.2 Å². The molecule has 18 nitrogen and oxygen atoms in total. The summed E-state index contributed by atoms with van der Waals surface area (Å²) in [5.41, 5.74) is 22.3. The van der Waals surface area contributed by atoms with Gasteiger partial charge in [0.25, 0.3) is 0 Å². The Bertz CT molecular complexity index is 1060. The topological polar surface area (TPSA) is 324 Å². The molecule has 40 heavy (non-hydrogen) atoms. The first kappa shape index (κ1) is 33.3. The number of nitrogens with two attached hydrogens (primary N) is 4. The van der Waals surface area contributed by atoms with Crippen LogP contribution in [0.5, 0.6) is 0 Å². The van der Waals surface area contributed by atoms with Crippen molar-refractivity contribution >= 4 is 41.5 Å². The Hall–Kier alpha value is -4.74. The molecule has 14 N–H and O–H groups in total. The summed E-state index contributed by atoms with van der Waals surface area (Å²) in [7, 11) is 0. The maximum atomic E-state index is 13.1. The maximum absolute atomic E-state index is 13.1. The Morgan fingerprint density at radius 2 is 1.45 bits per heavy atom. The van der Waals surface area contributed by atoms with Crippen molar-refractivity contribution < 1.29 is 39.0 Å². The highest BCUT2D eigenvalue weighted by atomic mass is 16.4. The largest absolute Gasteiger partial charge is 0.481 e. The number of aliphatic imine (C=N–C) groups is 1. The molecule has 4 unspecified atom stereocenters. The normalized spacial score (nSPS) is 13.6. The molecule has 0 aliphatic heterocycles. The minimum absolute atomic E-state index is 0.0601. The SMILES string of the molecule is NC(=O)CCC(NC(=O)C(N)Cc1cnc[nH]1)C(=O)NC(CCCN=C(N)N)C(=O)NC(CCC(=O)O)C(=O)O. The molecule has 4 atom stereocenters. The number of nitrogens with one attached hydrogen (secondary N) is 4. The number of carbonyl (C=O) groups is 6. The van der Waals surface area contributed by atoms with E-state index in [-0.39, 0.29) is 44.6 Å². The molecule has 0 saturated carbocycles. The highest BCUT2D eigenvalue weighted by Gasteiger charge is 2.30. The van der Waals surface area contributed by atoms with Gasteiger partial charge in [0.2, 0.25) is 23.6 Å². The number of carbonyl (C=O) groups excluding carboxylic acids is 4. The van der Waals surface area contributed by atoms with E-state index in [1.807, 2.05) is 0 Å². The van der Waals surface area contributed by atoms with Crippen molar-refractivity contribution in [3.63, 3.8) is 0 Å². The van der Waals surface area contributed by atoms with Gasteiger partial charge in [0.1, 0.15) is 18.1 Å². The second-order valence-electron chi connectivity index (χ2n) is 8.80. The molecule has 0 aliphatic rings. The highest BCUT2D eigenvalue weighted by Crippen LogP contribution is 2.06. The fraction of sp³-hybridized carbons (Fsp3) is 0.545. The zero-order valence-corrected chi connectivity index (χ0v) is 21.7. The predicted molar refractivity (Wildman–Crippen MR) is 139 cm³/mol. The van der Waals surface area contributed by atoms with E-state index in [9.17, 15) is 33.9 Å². The monoisotopic (exact) mass is 568 g/mol. The predicted octanol–water partition coefficient (Wildman–Crippen LogP) is -4.00. The highest BCUT2D eigenvalue weighted by molar-refractivity contribution is 5.94. The molecule has 0 aromatic carbocycles. The van der Waals surface area contributed by atoms with Crippen molar-refractivity contribution in [3.8, 4) is 0 Å². The minimum atomic E-state index is -1.55. The summed E-state index contributed by atoms with van der Waals surface area (Å²) < 4.78 is 0. The number of nitrogens with zero attached hydrogens (tertiary/aromatic N) is 2. The van der Waals surface area contributed by atoms with Crippen LogP contribution in [0, 0.1) is 0 Å². The number of aromatic nitrogens is 2. The van der Waals surface area contributed by atoms with Crippen LogP contribution >= 0.6 is 0 Å². The molecule has 0 fully saturated rings. The third-order valence-electron chi connectivity index (χ3n) is 5.48. The zero-order chi connectivity index (χ0) is 30.2. The number of hydrogen-bond donors (Lipinski definition) is 10. The summed E-state index contributed by atoms with van der Waals surface area (Å²) in [6, 6.07) is -5.30. The van der Waals surface area contributed by atoms with Crippen LogP contribution in [0.4, 0.5) is 0 Å². The van der Waals surface area contributed by atoms with Crippen LogP contribution in [0.25, 0.3) is 0 Å². The number of carboxylic acids is 2. The van der Waals surface area contributed by atoms with Crippen LogP contribution < -0.4 is 38.9 Å². The molecule has 4 amide bonds. The molecule has 0 spiro atoms. The van der Waals surface area contributed by atoms with Crippen LogP contribution in [0.2, 0.25) is 0 Å². The first-order chi connectivity index (χ1) is 18.8. The molecule has 1 aromatic heterocycles. The number of rotatable bonds is 19. The third-order valence-corrected chi connectivity index (χ3v) is 5.48. The standard InChI is InChI=1S/C22H36N10O8/c23-12(8-11-9-27-10-29-11)18(36)30-14(3-5-16(24)33)20(38)31-13(2-1-7-28-22(25)26)19(37)32-15(21(39)40)4-6-17(34)35/h9-10,12-15H,1-8,23H2,(H2,24,33)(H,27,29)(H,30,36)(H,31,38)(H,32,37)(H,34,35)(H,39,40)(H4,25,26,28). The Morgan fingerprint density at radius 1 is 0.875 bits per heavy atom. The number of carboxylic acid groups (broad SMARTS) is 2. The van der Waals surface area contributed by atoms with E-state index < -0.39 is 72.6 Å². The summed E-state index contributed by atoms with van der Waals surface area (Å²) >= 11 is 0. The van der Waals surface area contributed by atoms with E-state index in [2.05, 4.69) is 30.9 Å². The summed E-state index contributed by atoms with van der Waals surface area (Å²) in [4.78, 5) is 82.9. The molecule has 0 saturated heterocycles. The number of hydrogen-bond acceptors (Lipinski definition) is 9. The Morgan fingerprint density at radius 3 is 1.98 bits per heavy atom. The van der Waals surface area contributed by atoms with E-state index in [1.165, 1.54) is 12.5 Å². The van der Waals surface area contributed by atoms with Crippen LogP contribution in [-0.4, -0.2) is 92.4 Å². The number of aliphatic carboxylic acids is 2. The van der Waals surface area contributed by atoms with Gasteiger partial charge in [0, 0.05) is 37.7 Å². The lowest BCUT2D eigenvalue weighted by Crippen LogP contribution is -2.57. The molecular formula is C22H36N10O8. The van der Waals surface area contributed by atoms with Crippen molar-refractivity contribution in [2.45, 2.75) is 69.1 Å². The zero-order valence-electron chi connectivity index (χ0n) is 21.7. The number of amides is 4. The second kappa shape index (κ2) is 17.0. The summed E-state index contributed by atoms with van der Waals surface area (Å²) in [5.74, 6) is -6.21. The molecular weight excluding hydrogens is 532 g/mol. The molecule has 18 heteroatoms. The van der Waals surface area contributed by atoms with Gasteiger partial charge >= 0.3 is 11.9 Å². The summed E-state index contributed by atoms with van der Waals surface area (Å²) in [5, 5.41) is 25.3. The van der Waals surface area contributed by atoms with Crippen molar-refractivity contribution in [1.82, 2.24) is 25.9 Å². The fourth-order valence-corrected chi connectivity index (χ4v) is 3.40. The lowest BCUT2D eigenvalue weighted by molar-refractivity contribution is -0.143. The van der Waals surface area contributed by atoms with Gasteiger partial charge in [-0.25, -0.2) is 9.78 Å². The lowest BCUT2D eigenvalue weighted by atomic mass is 10.0. The molecule has 0 aliphatic carbocycles. The van der Waals surface area contributed by atoms with Crippen molar-refractivity contribution in [1.29, 1.82) is 0 Å². The van der Waals surface area contributed by atoms with Crippen molar-refractivity contribution in [3.05, 3.63) is 18.2 Å². The van der Waals surface area contributed by atoms with Gasteiger partial charge < -0.3 is 54.1 Å². The second-order valence-corrected chi connectivity index (χ2v) is 8.80. The number of imidazole rings is 1. The van der Waals surface area contributed by atoms with Crippen molar-refractivity contribution in [2.24, 2.45) is 27.9 Å². The molecule has 1 aromatic rings. The first-order valence-corrected chi connectivity index (χ1v) is 12.2. The number of primary amides is 1. The Labute approximate surface area is 228 Å². The molecule has 1 heterocycles. The van der Waals surface area contributed by atoms with E-state index in [0.29, 0.717) is 5.69 Å². The van der Waals surface area contributed by atoms with Crippen molar-refractivity contribution in [2.75, 3.05) is 6.54 Å². The fourth-order valence-electron chi connectivity index (χ4n) is 3.40. The van der Waals surface area contributed by atoms with Gasteiger partial charge in [-0.05, 0) is 25.7 Å². The number of guanidine groups is 1. The van der Waals surface area contributed by atoms with Gasteiger partial charge in [-0.2, -0.15) is 0 Å². The maximum Gasteiger partial charge on any atom is 0.326 e. The van der Waals surface area contributed by atoms with Crippen LogP contribution in [0.15, 0.2) is 17.5 Å². The van der Waals surface area contributed by atoms with Crippen LogP contribution in [0.3, 0.4) is 0 Å². The van der Waals surface area contributed by atoms with Crippen LogP contribution in [0.1, 0.15) is 44.2 Å². The van der Waals surface area contributed by atoms with Gasteiger partial charge in [0.05, 0.1) is 12.4 Å². The molecule has 1 rings (SSSR count). The Balaban J connectivity index is 3.04. The van der Waals surface area contributed by atoms with E-state index in [0.717, 1.165) is 0 Å². The van der Waals surface area contributed by atoms with Gasteiger partial charge in [-0.3, -0.25) is 29.0 Å². The third kappa shape index (κ3) is 13.2. The van der Waals surface area contributed by atoms with E-state index >= 15 is 0 Å². The quantitative estimate of drug-likeness (QED) is 0.0433. The minimum Gasteiger partial charge on any atom is -0.481 e. The Kier molecular flexibility index (Phi) is 14.1. The lowest BCUT2D eigenvalue weighted by Gasteiger charge is -2.25. The summed E-state index contributed by atoms with van der Waals surface area (Å²) in [6.07, 6.45) is 1.61. The molecule has 222 valence electrons.